The number of aromatic nitrogens is 1. The first-order chi connectivity index (χ1) is 8.65. The maximum atomic E-state index is 11.9. The van der Waals surface area contributed by atoms with E-state index in [0.717, 1.165) is 9.48 Å². The Morgan fingerprint density at radius 3 is 2.89 bits per heavy atom. The highest BCUT2D eigenvalue weighted by molar-refractivity contribution is 9.10. The average molecular weight is 323 g/mol. The fraction of sp³-hybridized carbons (Fsp3) is 0.0769. The van der Waals surface area contributed by atoms with Gasteiger partial charge in [-0.15, -0.1) is 11.3 Å². The van der Waals surface area contributed by atoms with E-state index in [9.17, 15) is 4.79 Å². The molecular formula is C13H11BrN2OS. The predicted octanol–water partition coefficient (Wildman–Crippen LogP) is 3.95. The van der Waals surface area contributed by atoms with Crippen LogP contribution in [0.5, 0.6) is 0 Å². The molecule has 18 heavy (non-hydrogen) atoms. The molecule has 0 bridgehead atoms. The largest absolute Gasteiger partial charge is 0.321 e. The highest BCUT2D eigenvalue weighted by Gasteiger charge is 2.05. The minimum Gasteiger partial charge on any atom is -0.321 e. The van der Waals surface area contributed by atoms with Gasteiger partial charge in [0.2, 0.25) is 0 Å². The molecule has 0 spiro atoms. The number of amides is 1. The molecule has 2 heterocycles. The Kier molecular flexibility index (Phi) is 4.28. The molecular weight excluding hydrogens is 312 g/mol. The van der Waals surface area contributed by atoms with Crippen LogP contribution in [0.15, 0.2) is 46.0 Å². The van der Waals surface area contributed by atoms with Crippen LogP contribution >= 0.6 is 27.3 Å². The Morgan fingerprint density at radius 2 is 2.28 bits per heavy atom. The fourth-order valence-corrected chi connectivity index (χ4v) is 2.28. The van der Waals surface area contributed by atoms with Gasteiger partial charge in [-0.25, -0.2) is 4.98 Å². The second-order valence-corrected chi connectivity index (χ2v) is 5.46. The van der Waals surface area contributed by atoms with E-state index in [1.165, 1.54) is 0 Å². The smallest absolute Gasteiger partial charge is 0.251 e. The Labute approximate surface area is 118 Å². The maximum Gasteiger partial charge on any atom is 0.251 e. The van der Waals surface area contributed by atoms with Gasteiger partial charge in [0.1, 0.15) is 4.60 Å². The van der Waals surface area contributed by atoms with Crippen LogP contribution in [0.4, 0.5) is 5.69 Å². The summed E-state index contributed by atoms with van der Waals surface area (Å²) in [6.07, 6.45) is 3.48. The van der Waals surface area contributed by atoms with Gasteiger partial charge in [-0.2, -0.15) is 0 Å². The number of hydrogen-bond acceptors (Lipinski definition) is 3. The topological polar surface area (TPSA) is 42.0 Å². The van der Waals surface area contributed by atoms with E-state index in [4.69, 9.17) is 0 Å². The molecule has 92 valence electrons. The predicted molar refractivity (Wildman–Crippen MR) is 78.5 cm³/mol. The van der Waals surface area contributed by atoms with E-state index in [0.29, 0.717) is 11.3 Å². The summed E-state index contributed by atoms with van der Waals surface area (Å²) in [6.45, 7) is 1.79. The number of thiophene rings is 1. The first kappa shape index (κ1) is 13.0. The van der Waals surface area contributed by atoms with Gasteiger partial charge in [0, 0.05) is 10.5 Å². The Morgan fingerprint density at radius 1 is 1.44 bits per heavy atom. The number of rotatable bonds is 3. The van der Waals surface area contributed by atoms with Crippen molar-refractivity contribution in [2.45, 2.75) is 6.92 Å². The van der Waals surface area contributed by atoms with Crippen LogP contribution in [0.1, 0.15) is 11.8 Å². The molecule has 0 unspecified atom stereocenters. The second-order valence-electron chi connectivity index (χ2n) is 3.67. The first-order valence-corrected chi connectivity index (χ1v) is 6.97. The molecule has 0 aliphatic carbocycles. The number of nitrogens with zero attached hydrogens (tertiary/aromatic N) is 1. The third kappa shape index (κ3) is 3.51. The summed E-state index contributed by atoms with van der Waals surface area (Å²) >= 11 is 4.85. The summed E-state index contributed by atoms with van der Waals surface area (Å²) in [5.41, 5.74) is 1.35. The van der Waals surface area contributed by atoms with Gasteiger partial charge in [0.25, 0.3) is 5.91 Å². The van der Waals surface area contributed by atoms with E-state index < -0.39 is 0 Å². The molecule has 3 nitrogen and oxygen atoms in total. The number of carbonyl (C=O) groups is 1. The van der Waals surface area contributed by atoms with E-state index >= 15 is 0 Å². The van der Waals surface area contributed by atoms with Crippen molar-refractivity contribution < 1.29 is 4.79 Å². The Bertz CT molecular complexity index is 561. The van der Waals surface area contributed by atoms with Gasteiger partial charge in [0.15, 0.2) is 0 Å². The minimum absolute atomic E-state index is 0.118. The van der Waals surface area contributed by atoms with Crippen LogP contribution in [0, 0.1) is 0 Å². The van der Waals surface area contributed by atoms with Gasteiger partial charge in [-0.3, -0.25) is 4.79 Å². The highest BCUT2D eigenvalue weighted by Crippen LogP contribution is 2.15. The van der Waals surface area contributed by atoms with Crippen molar-refractivity contribution in [3.8, 4) is 0 Å². The number of halogens is 1. The van der Waals surface area contributed by atoms with Crippen LogP contribution < -0.4 is 5.32 Å². The van der Waals surface area contributed by atoms with Gasteiger partial charge in [-0.1, -0.05) is 6.07 Å². The van der Waals surface area contributed by atoms with Crippen LogP contribution in [0.3, 0.4) is 0 Å². The quantitative estimate of drug-likeness (QED) is 0.686. The first-order valence-electron chi connectivity index (χ1n) is 5.30. The molecule has 2 aromatic rings. The summed E-state index contributed by atoms with van der Waals surface area (Å²) in [6, 6.07) is 7.52. The number of nitrogens with one attached hydrogen (secondary N) is 1. The lowest BCUT2D eigenvalue weighted by atomic mass is 10.2. The summed E-state index contributed by atoms with van der Waals surface area (Å²) in [4.78, 5) is 17.0. The lowest BCUT2D eigenvalue weighted by Gasteiger charge is -2.04. The van der Waals surface area contributed by atoms with Crippen LogP contribution in [0.25, 0.3) is 6.08 Å². The molecule has 2 rings (SSSR count). The highest BCUT2D eigenvalue weighted by atomic mass is 79.9. The molecule has 0 aliphatic heterocycles. The monoisotopic (exact) mass is 322 g/mol. The van der Waals surface area contributed by atoms with Crippen molar-refractivity contribution in [2.24, 2.45) is 0 Å². The van der Waals surface area contributed by atoms with Crippen molar-refractivity contribution in [2.75, 3.05) is 5.32 Å². The lowest BCUT2D eigenvalue weighted by molar-refractivity contribution is -0.112. The third-order valence-corrected chi connectivity index (χ3v) is 3.53. The van der Waals surface area contributed by atoms with Gasteiger partial charge in [-0.05, 0) is 52.5 Å². The molecule has 0 aromatic carbocycles. The van der Waals surface area contributed by atoms with Gasteiger partial charge < -0.3 is 5.32 Å². The van der Waals surface area contributed by atoms with Crippen molar-refractivity contribution in [1.82, 2.24) is 4.98 Å². The van der Waals surface area contributed by atoms with E-state index in [1.54, 1.807) is 36.6 Å². The molecule has 0 saturated carbocycles. The third-order valence-electron chi connectivity index (χ3n) is 2.25. The van der Waals surface area contributed by atoms with Crippen LogP contribution in [-0.2, 0) is 4.79 Å². The van der Waals surface area contributed by atoms with Crippen molar-refractivity contribution >= 4 is 44.9 Å². The molecule has 0 saturated heterocycles. The zero-order valence-electron chi connectivity index (χ0n) is 9.68. The standard InChI is InChI=1S/C13H11BrN2OS/c1-9(7-11-3-2-6-18-11)13(17)16-10-4-5-12(14)15-8-10/h2-8H,1H3,(H,16,17)/b9-7+. The molecule has 0 aliphatic rings. The molecule has 1 N–H and O–H groups in total. The summed E-state index contributed by atoms with van der Waals surface area (Å²) < 4.78 is 0.742. The minimum atomic E-state index is -0.118. The molecule has 0 fully saturated rings. The zero-order chi connectivity index (χ0) is 13.0. The second kappa shape index (κ2) is 5.93. The van der Waals surface area contributed by atoms with E-state index in [-0.39, 0.29) is 5.91 Å². The van der Waals surface area contributed by atoms with Crippen molar-refractivity contribution in [3.05, 3.63) is 50.9 Å². The van der Waals surface area contributed by atoms with Gasteiger partial charge in [0.05, 0.1) is 11.9 Å². The van der Waals surface area contributed by atoms with Crippen molar-refractivity contribution in [3.63, 3.8) is 0 Å². The SMILES string of the molecule is C/C(=C\c1cccs1)C(=O)Nc1ccc(Br)nc1. The molecule has 0 atom stereocenters. The Hall–Kier alpha value is -1.46. The number of pyridine rings is 1. The van der Waals surface area contributed by atoms with E-state index in [2.05, 4.69) is 26.2 Å². The fourth-order valence-electron chi connectivity index (χ4n) is 1.33. The van der Waals surface area contributed by atoms with Crippen molar-refractivity contribution in [1.29, 1.82) is 0 Å². The summed E-state index contributed by atoms with van der Waals surface area (Å²) in [5, 5.41) is 4.78. The van der Waals surface area contributed by atoms with Crippen LogP contribution in [-0.4, -0.2) is 10.9 Å². The Balaban J connectivity index is 2.06. The van der Waals surface area contributed by atoms with E-state index in [1.807, 2.05) is 23.6 Å². The lowest BCUT2D eigenvalue weighted by Crippen LogP contribution is -2.12. The number of carbonyl (C=O) groups excluding carboxylic acids is 1. The summed E-state index contributed by atoms with van der Waals surface area (Å²) in [7, 11) is 0. The molecule has 0 radical (unpaired) electrons. The number of anilines is 1. The van der Waals surface area contributed by atoms with Crippen LogP contribution in [0.2, 0.25) is 0 Å². The van der Waals surface area contributed by atoms with Gasteiger partial charge >= 0.3 is 0 Å². The number of hydrogen-bond donors (Lipinski definition) is 1. The molecule has 1 amide bonds. The summed E-state index contributed by atoms with van der Waals surface area (Å²) in [5.74, 6) is -0.118. The molecule has 2 aromatic heterocycles. The maximum absolute atomic E-state index is 11.9. The normalized spacial score (nSPS) is 11.3. The zero-order valence-corrected chi connectivity index (χ0v) is 12.1. The molecule has 5 heteroatoms. The average Bonchev–Trinajstić information content (AvgIpc) is 2.85.